The molecule has 9 heteroatoms. The minimum atomic E-state index is -2.90. The zero-order chi connectivity index (χ0) is 21.3. The number of hydrogen-bond donors (Lipinski definition) is 2. The Hall–Kier alpha value is -3.20. The van der Waals surface area contributed by atoms with Gasteiger partial charge in [-0.15, -0.1) is 11.3 Å². The summed E-state index contributed by atoms with van der Waals surface area (Å²) in [4.78, 5) is 8.80. The van der Waals surface area contributed by atoms with Crippen molar-refractivity contribution in [2.24, 2.45) is 4.99 Å². The molecule has 0 aliphatic heterocycles. The molecule has 0 atom stereocenters. The highest BCUT2D eigenvalue weighted by molar-refractivity contribution is 7.09. The molecular weight excluding hydrogens is 410 g/mol. The van der Waals surface area contributed by atoms with E-state index in [1.807, 2.05) is 35.7 Å². The summed E-state index contributed by atoms with van der Waals surface area (Å²) in [5.74, 6) is 1.14. The summed E-state index contributed by atoms with van der Waals surface area (Å²) in [6.45, 7) is -2.19. The van der Waals surface area contributed by atoms with Crippen LogP contribution in [0.15, 0.2) is 58.9 Å². The molecule has 0 saturated heterocycles. The molecule has 0 bridgehead atoms. The number of benzene rings is 2. The average molecular weight is 432 g/mol. The molecule has 1 aromatic heterocycles. The second-order valence-electron chi connectivity index (χ2n) is 6.12. The number of halogens is 2. The van der Waals surface area contributed by atoms with Gasteiger partial charge < -0.3 is 20.1 Å². The number of aliphatic imine (C=N–C) groups is 1. The first-order chi connectivity index (χ1) is 14.6. The van der Waals surface area contributed by atoms with Crippen LogP contribution in [0.25, 0.3) is 11.3 Å². The summed E-state index contributed by atoms with van der Waals surface area (Å²) in [6.07, 6.45) is 0. The molecule has 6 nitrogen and oxygen atoms in total. The van der Waals surface area contributed by atoms with Crippen molar-refractivity contribution in [3.63, 3.8) is 0 Å². The molecule has 0 fully saturated rings. The van der Waals surface area contributed by atoms with Crippen LogP contribution in [0.3, 0.4) is 0 Å². The molecular formula is C21H22F2N4O2S. The maximum Gasteiger partial charge on any atom is 0.387 e. The van der Waals surface area contributed by atoms with E-state index in [0.29, 0.717) is 23.8 Å². The van der Waals surface area contributed by atoms with Gasteiger partial charge in [0, 0.05) is 30.1 Å². The number of nitrogens with zero attached hydrogens (tertiary/aromatic N) is 2. The third kappa shape index (κ3) is 5.90. The van der Waals surface area contributed by atoms with Crippen molar-refractivity contribution in [1.82, 2.24) is 15.6 Å². The zero-order valence-electron chi connectivity index (χ0n) is 16.6. The number of nitrogens with one attached hydrogen (secondary N) is 2. The van der Waals surface area contributed by atoms with E-state index in [1.165, 1.54) is 13.2 Å². The fraction of sp³-hybridized carbons (Fsp3) is 0.238. The largest absolute Gasteiger partial charge is 0.497 e. The zero-order valence-corrected chi connectivity index (χ0v) is 17.4. The van der Waals surface area contributed by atoms with Gasteiger partial charge in [0.15, 0.2) is 5.96 Å². The number of hydrogen-bond acceptors (Lipinski definition) is 5. The first-order valence-electron chi connectivity index (χ1n) is 9.15. The molecule has 158 valence electrons. The maximum absolute atomic E-state index is 12.7. The Morgan fingerprint density at radius 3 is 2.60 bits per heavy atom. The van der Waals surface area contributed by atoms with E-state index in [9.17, 15) is 8.78 Å². The van der Waals surface area contributed by atoms with Crippen molar-refractivity contribution in [3.05, 3.63) is 64.5 Å². The summed E-state index contributed by atoms with van der Waals surface area (Å²) in [7, 11) is 3.15. The molecule has 0 unspecified atom stereocenters. The van der Waals surface area contributed by atoms with Gasteiger partial charge in [-0.25, -0.2) is 4.98 Å². The van der Waals surface area contributed by atoms with Gasteiger partial charge in [0.1, 0.15) is 16.5 Å². The highest BCUT2D eigenvalue weighted by atomic mass is 32.1. The lowest BCUT2D eigenvalue weighted by atomic mass is 10.2. The Balaban J connectivity index is 1.60. The fourth-order valence-electron chi connectivity index (χ4n) is 2.72. The number of alkyl halides is 2. The van der Waals surface area contributed by atoms with E-state index in [0.717, 1.165) is 16.3 Å². The molecule has 3 rings (SSSR count). The monoisotopic (exact) mass is 432 g/mol. The molecule has 0 aliphatic rings. The Bertz CT molecular complexity index is 980. The highest BCUT2D eigenvalue weighted by Crippen LogP contribution is 2.25. The lowest BCUT2D eigenvalue weighted by Gasteiger charge is -2.15. The van der Waals surface area contributed by atoms with Crippen molar-refractivity contribution in [2.45, 2.75) is 19.7 Å². The van der Waals surface area contributed by atoms with Crippen molar-refractivity contribution >= 4 is 17.3 Å². The summed E-state index contributed by atoms with van der Waals surface area (Å²) in [5, 5.41) is 9.18. The molecule has 0 spiro atoms. The molecule has 0 saturated carbocycles. The normalized spacial score (nSPS) is 11.4. The average Bonchev–Trinajstić information content (AvgIpc) is 3.24. The lowest BCUT2D eigenvalue weighted by Crippen LogP contribution is -2.36. The van der Waals surface area contributed by atoms with Gasteiger partial charge in [0.2, 0.25) is 0 Å². The van der Waals surface area contributed by atoms with E-state index in [4.69, 9.17) is 4.74 Å². The van der Waals surface area contributed by atoms with Crippen LogP contribution in [-0.4, -0.2) is 31.7 Å². The van der Waals surface area contributed by atoms with Crippen LogP contribution in [0.1, 0.15) is 10.6 Å². The minimum Gasteiger partial charge on any atom is -0.497 e. The predicted molar refractivity (Wildman–Crippen MR) is 114 cm³/mol. The van der Waals surface area contributed by atoms with Crippen molar-refractivity contribution in [1.29, 1.82) is 0 Å². The molecule has 0 aliphatic carbocycles. The van der Waals surface area contributed by atoms with Crippen molar-refractivity contribution in [3.8, 4) is 22.8 Å². The molecule has 2 aromatic carbocycles. The third-order valence-electron chi connectivity index (χ3n) is 4.18. The molecule has 2 N–H and O–H groups in total. The summed E-state index contributed by atoms with van der Waals surface area (Å²) >= 11 is 1.55. The van der Waals surface area contributed by atoms with Crippen LogP contribution in [0.5, 0.6) is 11.5 Å². The number of guanidine groups is 1. The molecule has 1 heterocycles. The standard InChI is InChI=1S/C21H22F2N4O2S/c1-24-21(25-11-15-10-16(28-2)8-9-18(15)29-20(22)23)26-12-19-27-17(13-30-19)14-6-4-3-5-7-14/h3-10,13,20H,11-12H2,1-2H3,(H2,24,25,26). The number of aromatic nitrogens is 1. The van der Waals surface area contributed by atoms with Gasteiger partial charge in [-0.05, 0) is 18.2 Å². The Morgan fingerprint density at radius 1 is 1.13 bits per heavy atom. The van der Waals surface area contributed by atoms with E-state index < -0.39 is 6.61 Å². The first-order valence-corrected chi connectivity index (χ1v) is 10.0. The minimum absolute atomic E-state index is 0.0844. The van der Waals surface area contributed by atoms with Gasteiger partial charge in [-0.3, -0.25) is 4.99 Å². The van der Waals surface area contributed by atoms with Crippen LogP contribution >= 0.6 is 11.3 Å². The number of rotatable bonds is 8. The second kappa shape index (κ2) is 10.5. The summed E-state index contributed by atoms with van der Waals surface area (Å²) < 4.78 is 35.1. The van der Waals surface area contributed by atoms with Gasteiger partial charge in [0.05, 0.1) is 19.3 Å². The van der Waals surface area contributed by atoms with Gasteiger partial charge in [-0.1, -0.05) is 30.3 Å². The quantitative estimate of drug-likeness (QED) is 0.411. The Labute approximate surface area is 177 Å². The van der Waals surface area contributed by atoms with E-state index >= 15 is 0 Å². The lowest BCUT2D eigenvalue weighted by molar-refractivity contribution is -0.0504. The van der Waals surface area contributed by atoms with Crippen LogP contribution in [0, 0.1) is 0 Å². The summed E-state index contributed by atoms with van der Waals surface area (Å²) in [6, 6.07) is 14.6. The third-order valence-corrected chi connectivity index (χ3v) is 5.03. The Morgan fingerprint density at radius 2 is 1.90 bits per heavy atom. The second-order valence-corrected chi connectivity index (χ2v) is 7.07. The van der Waals surface area contributed by atoms with Crippen molar-refractivity contribution in [2.75, 3.05) is 14.2 Å². The van der Waals surface area contributed by atoms with Gasteiger partial charge >= 0.3 is 6.61 Å². The maximum atomic E-state index is 12.7. The molecule has 0 amide bonds. The molecule has 0 radical (unpaired) electrons. The molecule has 30 heavy (non-hydrogen) atoms. The number of ether oxygens (including phenoxy) is 2. The summed E-state index contributed by atoms with van der Waals surface area (Å²) in [5.41, 5.74) is 2.51. The Kier molecular flexibility index (Phi) is 7.56. The first kappa shape index (κ1) is 21.5. The SMILES string of the molecule is CN=C(NCc1nc(-c2ccccc2)cs1)NCc1cc(OC)ccc1OC(F)F. The van der Waals surface area contributed by atoms with Crippen LogP contribution < -0.4 is 20.1 Å². The van der Waals surface area contributed by atoms with Gasteiger partial charge in [-0.2, -0.15) is 8.78 Å². The predicted octanol–water partition coefficient (Wildman–Crippen LogP) is 4.29. The molecule has 3 aromatic rings. The van der Waals surface area contributed by atoms with E-state index in [2.05, 4.69) is 25.3 Å². The smallest absolute Gasteiger partial charge is 0.387 e. The van der Waals surface area contributed by atoms with E-state index in [-0.39, 0.29) is 12.3 Å². The van der Waals surface area contributed by atoms with Crippen molar-refractivity contribution < 1.29 is 18.3 Å². The highest BCUT2D eigenvalue weighted by Gasteiger charge is 2.12. The topological polar surface area (TPSA) is 67.8 Å². The van der Waals surface area contributed by atoms with Gasteiger partial charge in [0.25, 0.3) is 0 Å². The number of thiazole rings is 1. The van der Waals surface area contributed by atoms with Crippen LogP contribution in [0.2, 0.25) is 0 Å². The van der Waals surface area contributed by atoms with Crippen LogP contribution in [-0.2, 0) is 13.1 Å². The fourth-order valence-corrected chi connectivity index (χ4v) is 3.47. The number of methoxy groups -OCH3 is 1. The van der Waals surface area contributed by atoms with Crippen LogP contribution in [0.4, 0.5) is 8.78 Å². The van der Waals surface area contributed by atoms with E-state index in [1.54, 1.807) is 30.5 Å².